The lowest BCUT2D eigenvalue weighted by molar-refractivity contribution is -0.114. The van der Waals surface area contributed by atoms with Crippen molar-refractivity contribution in [2.75, 3.05) is 17.2 Å². The van der Waals surface area contributed by atoms with Gasteiger partial charge in [-0.2, -0.15) is 0 Å². The lowest BCUT2D eigenvalue weighted by atomic mass is 10.2. The number of para-hydroxylation sites is 3. The molecule has 0 saturated heterocycles. The average molecular weight is 425 g/mol. The van der Waals surface area contributed by atoms with Crippen LogP contribution in [0.3, 0.4) is 0 Å². The third-order valence-corrected chi connectivity index (χ3v) is 4.68. The highest BCUT2D eigenvalue weighted by Crippen LogP contribution is 2.25. The maximum atomic E-state index is 12.4. The summed E-state index contributed by atoms with van der Waals surface area (Å²) in [6, 6.07) is 34.4. The number of ether oxygens (including phenoxy) is 2. The van der Waals surface area contributed by atoms with Gasteiger partial charge in [0, 0.05) is 5.69 Å². The first-order chi connectivity index (χ1) is 15.8. The summed E-state index contributed by atoms with van der Waals surface area (Å²) in [4.78, 5) is 12.4. The van der Waals surface area contributed by atoms with E-state index in [0.29, 0.717) is 23.8 Å². The molecule has 4 aromatic carbocycles. The Morgan fingerprint density at radius 1 is 0.688 bits per heavy atom. The molecule has 0 bridgehead atoms. The monoisotopic (exact) mass is 424 g/mol. The number of amides is 1. The lowest BCUT2D eigenvalue weighted by Crippen LogP contribution is -2.22. The average Bonchev–Trinajstić information content (AvgIpc) is 2.84. The van der Waals surface area contributed by atoms with Crippen molar-refractivity contribution >= 4 is 17.3 Å². The van der Waals surface area contributed by atoms with Crippen LogP contribution in [-0.2, 0) is 11.4 Å². The first kappa shape index (κ1) is 21.0. The van der Waals surface area contributed by atoms with E-state index in [4.69, 9.17) is 9.47 Å². The van der Waals surface area contributed by atoms with E-state index in [-0.39, 0.29) is 12.5 Å². The molecule has 0 aliphatic heterocycles. The Labute approximate surface area is 187 Å². The minimum Gasteiger partial charge on any atom is -0.487 e. The molecule has 4 aromatic rings. The van der Waals surface area contributed by atoms with Crippen molar-refractivity contribution in [1.82, 2.24) is 0 Å². The molecule has 160 valence electrons. The summed E-state index contributed by atoms with van der Waals surface area (Å²) in [5.41, 5.74) is 2.55. The van der Waals surface area contributed by atoms with Gasteiger partial charge in [0.25, 0.3) is 0 Å². The summed E-state index contributed by atoms with van der Waals surface area (Å²) in [5.74, 6) is 2.02. The molecule has 0 fully saturated rings. The molecule has 0 aliphatic rings. The number of rotatable bonds is 9. The first-order valence-corrected chi connectivity index (χ1v) is 10.4. The molecule has 0 radical (unpaired) electrons. The van der Waals surface area contributed by atoms with Crippen molar-refractivity contribution < 1.29 is 14.3 Å². The Morgan fingerprint density at radius 2 is 1.31 bits per heavy atom. The largest absolute Gasteiger partial charge is 0.487 e. The molecule has 0 spiro atoms. The Morgan fingerprint density at radius 3 is 2.06 bits per heavy atom. The third kappa shape index (κ3) is 6.12. The fourth-order valence-corrected chi connectivity index (χ4v) is 3.09. The number of benzene rings is 4. The zero-order valence-electron chi connectivity index (χ0n) is 17.5. The van der Waals surface area contributed by atoms with E-state index in [0.717, 1.165) is 17.0 Å². The normalized spacial score (nSPS) is 10.2. The number of carbonyl (C=O) groups excluding carboxylic acids is 1. The summed E-state index contributed by atoms with van der Waals surface area (Å²) >= 11 is 0. The summed E-state index contributed by atoms with van der Waals surface area (Å²) in [6.07, 6.45) is 0. The fourth-order valence-electron chi connectivity index (χ4n) is 3.09. The highest BCUT2D eigenvalue weighted by Gasteiger charge is 2.07. The van der Waals surface area contributed by atoms with Gasteiger partial charge in [0.05, 0.1) is 12.2 Å². The summed E-state index contributed by atoms with van der Waals surface area (Å²) in [6.45, 7) is 0.580. The van der Waals surface area contributed by atoms with Crippen molar-refractivity contribution in [1.29, 1.82) is 0 Å². The van der Waals surface area contributed by atoms with Gasteiger partial charge < -0.3 is 20.1 Å². The second kappa shape index (κ2) is 10.7. The molecule has 0 saturated carbocycles. The van der Waals surface area contributed by atoms with Crippen molar-refractivity contribution in [2.45, 2.75) is 6.61 Å². The summed E-state index contributed by atoms with van der Waals surface area (Å²) in [7, 11) is 0. The number of hydrogen-bond acceptors (Lipinski definition) is 4. The van der Waals surface area contributed by atoms with Gasteiger partial charge in [-0.15, -0.1) is 0 Å². The van der Waals surface area contributed by atoms with Gasteiger partial charge in [0.2, 0.25) is 5.91 Å². The maximum absolute atomic E-state index is 12.4. The molecule has 0 unspecified atom stereocenters. The van der Waals surface area contributed by atoms with Crippen LogP contribution in [0.5, 0.6) is 17.2 Å². The lowest BCUT2D eigenvalue weighted by Gasteiger charge is -2.13. The van der Waals surface area contributed by atoms with Crippen LogP contribution in [0.15, 0.2) is 109 Å². The Bertz CT molecular complexity index is 1130. The van der Waals surface area contributed by atoms with Crippen LogP contribution in [0.1, 0.15) is 5.56 Å². The Balaban J connectivity index is 1.28. The van der Waals surface area contributed by atoms with Crippen molar-refractivity contribution in [3.8, 4) is 17.2 Å². The molecule has 5 heteroatoms. The molecule has 1 amide bonds. The quantitative estimate of drug-likeness (QED) is 0.340. The standard InChI is InChI=1S/C27H24N2O3/c30-27(29-22-15-17-24(18-16-22)32-23-11-5-2-6-12-23)19-28-25-13-7-8-14-26(25)31-20-21-9-3-1-4-10-21/h1-18,28H,19-20H2,(H,29,30). The number of nitrogens with one attached hydrogen (secondary N) is 2. The summed E-state index contributed by atoms with van der Waals surface area (Å²) in [5, 5.41) is 6.03. The first-order valence-electron chi connectivity index (χ1n) is 10.4. The number of carbonyl (C=O) groups is 1. The van der Waals surface area contributed by atoms with Crippen LogP contribution in [0, 0.1) is 0 Å². The minimum absolute atomic E-state index is 0.119. The molecule has 0 aliphatic carbocycles. The summed E-state index contributed by atoms with van der Waals surface area (Å²) < 4.78 is 11.7. The van der Waals surface area contributed by atoms with E-state index >= 15 is 0 Å². The van der Waals surface area contributed by atoms with E-state index in [9.17, 15) is 4.79 Å². The van der Waals surface area contributed by atoms with E-state index in [2.05, 4.69) is 10.6 Å². The van der Waals surface area contributed by atoms with Gasteiger partial charge in [-0.1, -0.05) is 60.7 Å². The Kier molecular flexibility index (Phi) is 7.01. The van der Waals surface area contributed by atoms with Gasteiger partial charge >= 0.3 is 0 Å². The molecule has 0 heterocycles. The van der Waals surface area contributed by atoms with Crippen LogP contribution in [0.4, 0.5) is 11.4 Å². The predicted octanol–water partition coefficient (Wildman–Crippen LogP) is 6.11. The predicted molar refractivity (Wildman–Crippen MR) is 127 cm³/mol. The molecule has 0 aromatic heterocycles. The zero-order valence-corrected chi connectivity index (χ0v) is 17.5. The third-order valence-electron chi connectivity index (χ3n) is 4.68. The van der Waals surface area contributed by atoms with Crippen LogP contribution < -0.4 is 20.1 Å². The molecular formula is C27H24N2O3. The minimum atomic E-state index is -0.153. The molecule has 4 rings (SSSR count). The van der Waals surface area contributed by atoms with E-state index < -0.39 is 0 Å². The van der Waals surface area contributed by atoms with Crippen molar-refractivity contribution in [2.24, 2.45) is 0 Å². The Hall–Kier alpha value is -4.25. The molecular weight excluding hydrogens is 400 g/mol. The van der Waals surface area contributed by atoms with Crippen LogP contribution in [0.25, 0.3) is 0 Å². The fraction of sp³-hybridized carbons (Fsp3) is 0.0741. The zero-order chi connectivity index (χ0) is 22.0. The topological polar surface area (TPSA) is 59.6 Å². The smallest absolute Gasteiger partial charge is 0.243 e. The highest BCUT2D eigenvalue weighted by atomic mass is 16.5. The maximum Gasteiger partial charge on any atom is 0.243 e. The van der Waals surface area contributed by atoms with Gasteiger partial charge in [-0.3, -0.25) is 4.79 Å². The van der Waals surface area contributed by atoms with Gasteiger partial charge in [-0.05, 0) is 54.1 Å². The van der Waals surface area contributed by atoms with Crippen LogP contribution >= 0.6 is 0 Å². The molecule has 0 atom stereocenters. The van der Waals surface area contributed by atoms with Gasteiger partial charge in [0.15, 0.2) is 0 Å². The molecule has 32 heavy (non-hydrogen) atoms. The van der Waals surface area contributed by atoms with E-state index in [1.165, 1.54) is 0 Å². The van der Waals surface area contributed by atoms with Gasteiger partial charge in [-0.25, -0.2) is 0 Å². The van der Waals surface area contributed by atoms with E-state index in [1.807, 2.05) is 109 Å². The SMILES string of the molecule is O=C(CNc1ccccc1OCc1ccccc1)Nc1ccc(Oc2ccccc2)cc1. The number of anilines is 2. The second-order valence-corrected chi connectivity index (χ2v) is 7.11. The number of hydrogen-bond donors (Lipinski definition) is 2. The van der Waals surface area contributed by atoms with Crippen LogP contribution in [-0.4, -0.2) is 12.5 Å². The van der Waals surface area contributed by atoms with Crippen molar-refractivity contribution in [3.05, 3.63) is 115 Å². The second-order valence-electron chi connectivity index (χ2n) is 7.11. The van der Waals surface area contributed by atoms with Gasteiger partial charge in [0.1, 0.15) is 23.9 Å². The highest BCUT2D eigenvalue weighted by molar-refractivity contribution is 5.94. The van der Waals surface area contributed by atoms with Crippen molar-refractivity contribution in [3.63, 3.8) is 0 Å². The molecule has 2 N–H and O–H groups in total. The van der Waals surface area contributed by atoms with E-state index in [1.54, 1.807) is 0 Å². The molecule has 5 nitrogen and oxygen atoms in total. The van der Waals surface area contributed by atoms with Crippen LogP contribution in [0.2, 0.25) is 0 Å².